The number of rotatable bonds is 9. The number of ether oxygens (including phenoxy) is 2. The second-order valence-corrected chi connectivity index (χ2v) is 9.30. The zero-order valence-corrected chi connectivity index (χ0v) is 19.3. The van der Waals surface area contributed by atoms with Crippen LogP contribution < -0.4 is 10.1 Å². The Morgan fingerprint density at radius 1 is 1.00 bits per heavy atom. The summed E-state index contributed by atoms with van der Waals surface area (Å²) in [5.74, 6) is 1.80. The molecule has 0 unspecified atom stereocenters. The van der Waals surface area contributed by atoms with Crippen LogP contribution in [0.15, 0.2) is 54.7 Å². The molecule has 0 spiro atoms. The standard InChI is InChI=1S/C27H34N4O2/c1-2-7-25-22(6-1)20-29-30-26(25)28-21-27(12-18-32-19-13-27)23-8-10-24(11-9-23)33-17-5-16-31-14-3-4-15-31/h1-2,6-11,20H,3-5,12-19,21H2,(H,28,30). The van der Waals surface area contributed by atoms with Gasteiger partial charge in [-0.05, 0) is 62.9 Å². The van der Waals surface area contributed by atoms with Crippen molar-refractivity contribution < 1.29 is 9.47 Å². The van der Waals surface area contributed by atoms with E-state index in [1.165, 1.54) is 31.5 Å². The molecule has 0 atom stereocenters. The van der Waals surface area contributed by atoms with Crippen LogP contribution in [0.4, 0.5) is 5.82 Å². The summed E-state index contributed by atoms with van der Waals surface area (Å²) in [5, 5.41) is 14.4. The van der Waals surface area contributed by atoms with Crippen molar-refractivity contribution in [3.8, 4) is 5.75 Å². The van der Waals surface area contributed by atoms with Crippen molar-refractivity contribution in [3.63, 3.8) is 0 Å². The van der Waals surface area contributed by atoms with Gasteiger partial charge in [0.15, 0.2) is 5.82 Å². The van der Waals surface area contributed by atoms with E-state index >= 15 is 0 Å². The molecule has 2 fully saturated rings. The van der Waals surface area contributed by atoms with Gasteiger partial charge in [0.25, 0.3) is 0 Å². The van der Waals surface area contributed by atoms with Gasteiger partial charge in [-0.3, -0.25) is 0 Å². The van der Waals surface area contributed by atoms with Crippen molar-refractivity contribution in [1.82, 2.24) is 15.1 Å². The molecule has 2 aliphatic heterocycles. The number of nitrogens with one attached hydrogen (secondary N) is 1. The number of likely N-dealkylation sites (tertiary alicyclic amines) is 1. The first-order valence-corrected chi connectivity index (χ1v) is 12.3. The molecular formula is C27H34N4O2. The Labute approximate surface area is 196 Å². The van der Waals surface area contributed by atoms with E-state index < -0.39 is 0 Å². The predicted octanol–water partition coefficient (Wildman–Crippen LogP) is 4.65. The summed E-state index contributed by atoms with van der Waals surface area (Å²) in [4.78, 5) is 2.54. The van der Waals surface area contributed by atoms with Gasteiger partial charge in [-0.2, -0.15) is 5.10 Å². The highest BCUT2D eigenvalue weighted by molar-refractivity contribution is 5.90. The minimum atomic E-state index is 0.00512. The Kier molecular flexibility index (Phi) is 7.03. The van der Waals surface area contributed by atoms with E-state index in [1.807, 2.05) is 18.3 Å². The van der Waals surface area contributed by atoms with Crippen molar-refractivity contribution in [3.05, 3.63) is 60.3 Å². The number of hydrogen-bond acceptors (Lipinski definition) is 6. The van der Waals surface area contributed by atoms with Gasteiger partial charge >= 0.3 is 0 Å². The summed E-state index contributed by atoms with van der Waals surface area (Å²) in [6.45, 7) is 6.77. The number of nitrogens with zero attached hydrogens (tertiary/aromatic N) is 3. The molecule has 0 radical (unpaired) electrons. The fourth-order valence-corrected chi connectivity index (χ4v) is 5.13. The molecule has 5 rings (SSSR count). The third-order valence-corrected chi connectivity index (χ3v) is 7.17. The first-order chi connectivity index (χ1) is 16.3. The van der Waals surface area contributed by atoms with E-state index in [0.717, 1.165) is 74.5 Å². The molecule has 0 amide bonds. The minimum absolute atomic E-state index is 0.00512. The zero-order valence-electron chi connectivity index (χ0n) is 19.3. The van der Waals surface area contributed by atoms with Crippen LogP contribution in [0.1, 0.15) is 37.7 Å². The van der Waals surface area contributed by atoms with Crippen LogP contribution in [0, 0.1) is 0 Å². The van der Waals surface area contributed by atoms with Gasteiger partial charge in [0.05, 0.1) is 12.8 Å². The summed E-state index contributed by atoms with van der Waals surface area (Å²) in [7, 11) is 0. The molecular weight excluding hydrogens is 412 g/mol. The van der Waals surface area contributed by atoms with Crippen molar-refractivity contribution in [2.75, 3.05) is 51.3 Å². The predicted molar refractivity (Wildman–Crippen MR) is 132 cm³/mol. The Morgan fingerprint density at radius 3 is 2.61 bits per heavy atom. The third-order valence-electron chi connectivity index (χ3n) is 7.17. The van der Waals surface area contributed by atoms with Crippen LogP contribution in [0.25, 0.3) is 10.8 Å². The fourth-order valence-electron chi connectivity index (χ4n) is 5.13. The van der Waals surface area contributed by atoms with Crippen LogP contribution in [0.5, 0.6) is 5.75 Å². The Morgan fingerprint density at radius 2 is 1.79 bits per heavy atom. The van der Waals surface area contributed by atoms with Gasteiger partial charge in [-0.1, -0.05) is 36.4 Å². The second-order valence-electron chi connectivity index (χ2n) is 9.30. The monoisotopic (exact) mass is 446 g/mol. The first kappa shape index (κ1) is 22.1. The maximum atomic E-state index is 6.03. The summed E-state index contributed by atoms with van der Waals surface area (Å²) in [6.07, 6.45) is 7.55. The number of benzene rings is 2. The average molecular weight is 447 g/mol. The van der Waals surface area contributed by atoms with Gasteiger partial charge in [-0.15, -0.1) is 5.10 Å². The first-order valence-electron chi connectivity index (χ1n) is 12.3. The summed E-state index contributed by atoms with van der Waals surface area (Å²) < 4.78 is 11.7. The van der Waals surface area contributed by atoms with Crippen LogP contribution in [-0.4, -0.2) is 61.1 Å². The molecule has 6 nitrogen and oxygen atoms in total. The van der Waals surface area contributed by atoms with E-state index in [1.54, 1.807) is 0 Å². The lowest BCUT2D eigenvalue weighted by Gasteiger charge is -2.38. The quantitative estimate of drug-likeness (QED) is 0.483. The van der Waals surface area contributed by atoms with Crippen LogP contribution >= 0.6 is 0 Å². The number of fused-ring (bicyclic) bond motifs is 1. The SMILES string of the molecule is c1ccc2c(NCC3(c4ccc(OCCCN5CCCC5)cc4)CCOCC3)nncc2c1. The highest BCUT2D eigenvalue weighted by atomic mass is 16.5. The molecule has 3 aromatic rings. The summed E-state index contributed by atoms with van der Waals surface area (Å²) in [6, 6.07) is 17.0. The summed E-state index contributed by atoms with van der Waals surface area (Å²) in [5.41, 5.74) is 1.33. The molecule has 33 heavy (non-hydrogen) atoms. The Hall–Kier alpha value is -2.70. The van der Waals surface area contributed by atoms with E-state index in [-0.39, 0.29) is 5.41 Å². The second kappa shape index (κ2) is 10.5. The molecule has 1 N–H and O–H groups in total. The largest absolute Gasteiger partial charge is 0.494 e. The Bertz CT molecular complexity index is 1020. The van der Waals surface area contributed by atoms with E-state index in [0.29, 0.717) is 0 Å². The molecule has 0 aliphatic carbocycles. The molecule has 0 bridgehead atoms. The highest BCUT2D eigenvalue weighted by Gasteiger charge is 2.34. The van der Waals surface area contributed by atoms with Gasteiger partial charge in [0.1, 0.15) is 5.75 Å². The van der Waals surface area contributed by atoms with Gasteiger partial charge in [0, 0.05) is 42.5 Å². The molecule has 2 aromatic carbocycles. The zero-order chi connectivity index (χ0) is 22.3. The maximum Gasteiger partial charge on any atom is 0.156 e. The lowest BCUT2D eigenvalue weighted by molar-refractivity contribution is 0.0543. The molecule has 1 aromatic heterocycles. The number of hydrogen-bond donors (Lipinski definition) is 1. The molecule has 2 saturated heterocycles. The number of aromatic nitrogens is 2. The minimum Gasteiger partial charge on any atom is -0.494 e. The molecule has 2 aliphatic rings. The van der Waals surface area contributed by atoms with E-state index in [4.69, 9.17) is 9.47 Å². The topological polar surface area (TPSA) is 59.5 Å². The Balaban J connectivity index is 1.24. The number of anilines is 1. The normalized spacial score (nSPS) is 18.4. The van der Waals surface area contributed by atoms with Crippen molar-refractivity contribution in [2.24, 2.45) is 0 Å². The van der Waals surface area contributed by atoms with Gasteiger partial charge in [-0.25, -0.2) is 0 Å². The highest BCUT2D eigenvalue weighted by Crippen LogP contribution is 2.36. The van der Waals surface area contributed by atoms with Crippen LogP contribution in [-0.2, 0) is 10.2 Å². The molecule has 6 heteroatoms. The van der Waals surface area contributed by atoms with Crippen molar-refractivity contribution in [1.29, 1.82) is 0 Å². The third kappa shape index (κ3) is 5.28. The average Bonchev–Trinajstić information content (AvgIpc) is 3.40. The van der Waals surface area contributed by atoms with Crippen LogP contribution in [0.2, 0.25) is 0 Å². The van der Waals surface area contributed by atoms with Crippen molar-refractivity contribution in [2.45, 2.75) is 37.5 Å². The molecule has 0 saturated carbocycles. The van der Waals surface area contributed by atoms with E-state index in [9.17, 15) is 0 Å². The smallest absolute Gasteiger partial charge is 0.156 e. The fraction of sp³-hybridized carbons (Fsp3) is 0.481. The lowest BCUT2D eigenvalue weighted by Crippen LogP contribution is -2.40. The molecule has 3 heterocycles. The molecule has 174 valence electrons. The maximum absolute atomic E-state index is 6.03. The van der Waals surface area contributed by atoms with Crippen molar-refractivity contribution >= 4 is 16.6 Å². The van der Waals surface area contributed by atoms with Gasteiger partial charge in [0.2, 0.25) is 0 Å². The summed E-state index contributed by atoms with van der Waals surface area (Å²) >= 11 is 0. The van der Waals surface area contributed by atoms with Gasteiger partial charge < -0.3 is 19.7 Å². The van der Waals surface area contributed by atoms with E-state index in [2.05, 4.69) is 56.8 Å². The van der Waals surface area contributed by atoms with Crippen LogP contribution in [0.3, 0.4) is 0 Å². The lowest BCUT2D eigenvalue weighted by atomic mass is 9.74.